The number of rotatable bonds is 6. The quantitative estimate of drug-likeness (QED) is 0.197. The Morgan fingerprint density at radius 2 is 1.92 bits per heavy atom. The Morgan fingerprint density at radius 3 is 2.56 bits per heavy atom. The van der Waals surface area contributed by atoms with Gasteiger partial charge in [-0.05, 0) is 75.6 Å². The van der Waals surface area contributed by atoms with Gasteiger partial charge in [-0.3, -0.25) is 4.79 Å². The Hall–Kier alpha value is -0.410. The lowest BCUT2D eigenvalue weighted by molar-refractivity contribution is -0.132. The largest absolute Gasteiger partial charge is 0.460 e. The average Bonchev–Trinajstić information content (AvgIpc) is 2.95. The van der Waals surface area contributed by atoms with E-state index in [1.54, 1.807) is 0 Å². The minimum absolute atomic E-state index is 0.0616. The van der Waals surface area contributed by atoms with Crippen molar-refractivity contribution in [2.45, 2.75) is 45.4 Å². The average molecular weight is 564 g/mol. The molecule has 4 atom stereocenters. The van der Waals surface area contributed by atoms with Gasteiger partial charge in [0.25, 0.3) is 6.47 Å². The van der Waals surface area contributed by atoms with Gasteiger partial charge in [-0.15, -0.1) is 0 Å². The summed E-state index contributed by atoms with van der Waals surface area (Å²) in [6, 6.07) is 10.7. The van der Waals surface area contributed by atoms with Crippen LogP contribution >= 0.6 is 45.2 Å². The Labute approximate surface area is 176 Å². The Bertz CT molecular complexity index is 642. The van der Waals surface area contributed by atoms with Gasteiger partial charge in [0.15, 0.2) is 1.61 Å². The van der Waals surface area contributed by atoms with E-state index in [0.29, 0.717) is 24.7 Å². The molecule has 0 aliphatic heterocycles. The normalized spacial score (nSPS) is 29.6. The van der Waals surface area contributed by atoms with Crippen LogP contribution in [0.3, 0.4) is 0 Å². The molecule has 0 saturated heterocycles. The first-order valence-electron chi connectivity index (χ1n) is 8.55. The standard InChI is InChI=1S/C20H22I2O3/c1-14-11-18(12-19(14)24-13-23)25-20(21,22)17-9-7-16(8-10-17)15-5-3-2-4-6-15/h2-7,9,13,16-19H,1,8,10-12H2/t16?,17?,18-,19-/m1/s1. The molecule has 134 valence electrons. The van der Waals surface area contributed by atoms with Gasteiger partial charge >= 0.3 is 0 Å². The van der Waals surface area contributed by atoms with Crippen molar-refractivity contribution in [2.24, 2.45) is 5.92 Å². The SMILES string of the molecule is C=C1C[C@@H](OC(I)(I)C2C=CC(c3ccccc3)CC2)C[C@H]1OC=O. The third kappa shape index (κ3) is 4.86. The number of hydrogen-bond acceptors (Lipinski definition) is 3. The van der Waals surface area contributed by atoms with E-state index in [-0.39, 0.29) is 13.8 Å². The second-order valence-electron chi connectivity index (χ2n) is 6.71. The van der Waals surface area contributed by atoms with Crippen LogP contribution in [0.5, 0.6) is 0 Å². The van der Waals surface area contributed by atoms with Gasteiger partial charge in [0, 0.05) is 18.3 Å². The number of alkyl halides is 2. The summed E-state index contributed by atoms with van der Waals surface area (Å²) in [7, 11) is 0. The molecular formula is C20H22I2O3. The summed E-state index contributed by atoms with van der Waals surface area (Å²) in [5, 5.41) is 0. The number of carbonyl (C=O) groups is 1. The second kappa shape index (κ2) is 8.52. The van der Waals surface area contributed by atoms with Crippen molar-refractivity contribution in [1.29, 1.82) is 0 Å². The highest BCUT2D eigenvalue weighted by atomic mass is 127. The molecule has 3 nitrogen and oxygen atoms in total. The molecule has 0 amide bonds. The third-order valence-corrected chi connectivity index (χ3v) is 7.10. The molecule has 1 fully saturated rings. The zero-order chi connectivity index (χ0) is 17.9. The van der Waals surface area contributed by atoms with E-state index in [9.17, 15) is 4.79 Å². The van der Waals surface area contributed by atoms with Crippen LogP contribution in [-0.2, 0) is 14.3 Å². The lowest BCUT2D eigenvalue weighted by Crippen LogP contribution is -2.32. The van der Waals surface area contributed by atoms with Crippen molar-refractivity contribution < 1.29 is 14.3 Å². The van der Waals surface area contributed by atoms with E-state index in [2.05, 4.69) is 94.2 Å². The fourth-order valence-corrected chi connectivity index (χ4v) is 5.37. The highest BCUT2D eigenvalue weighted by Crippen LogP contribution is 2.47. The van der Waals surface area contributed by atoms with Gasteiger partial charge in [0.1, 0.15) is 6.10 Å². The minimum Gasteiger partial charge on any atom is -0.460 e. The van der Waals surface area contributed by atoms with Gasteiger partial charge in [0.2, 0.25) is 0 Å². The van der Waals surface area contributed by atoms with E-state index in [1.165, 1.54) is 5.56 Å². The first-order chi connectivity index (χ1) is 12.0. The maximum Gasteiger partial charge on any atom is 0.293 e. The zero-order valence-corrected chi connectivity index (χ0v) is 18.3. The first-order valence-corrected chi connectivity index (χ1v) is 10.7. The molecule has 2 aliphatic carbocycles. The Balaban J connectivity index is 1.60. The third-order valence-electron chi connectivity index (χ3n) is 4.99. The molecule has 2 unspecified atom stereocenters. The minimum atomic E-state index is -0.297. The number of halogens is 2. The summed E-state index contributed by atoms with van der Waals surface area (Å²) in [6.07, 6.45) is 8.19. The van der Waals surface area contributed by atoms with Crippen LogP contribution in [0, 0.1) is 5.92 Å². The molecule has 0 N–H and O–H groups in total. The summed E-state index contributed by atoms with van der Waals surface area (Å²) in [4.78, 5) is 10.6. The lowest BCUT2D eigenvalue weighted by Gasteiger charge is -2.34. The molecule has 1 saturated carbocycles. The van der Waals surface area contributed by atoms with Crippen LogP contribution in [-0.4, -0.2) is 20.3 Å². The van der Waals surface area contributed by atoms with Crippen molar-refractivity contribution in [1.82, 2.24) is 0 Å². The van der Waals surface area contributed by atoms with Gasteiger partial charge in [-0.25, -0.2) is 0 Å². The predicted octanol–water partition coefficient (Wildman–Crippen LogP) is 5.54. The van der Waals surface area contributed by atoms with Crippen molar-refractivity contribution in [3.63, 3.8) is 0 Å². The first kappa shape index (κ1) is 19.4. The topological polar surface area (TPSA) is 35.5 Å². The van der Waals surface area contributed by atoms with Crippen LogP contribution in [0.1, 0.15) is 37.2 Å². The number of ether oxygens (including phenoxy) is 2. The summed E-state index contributed by atoms with van der Waals surface area (Å²) < 4.78 is 11.2. The molecule has 0 radical (unpaired) electrons. The predicted molar refractivity (Wildman–Crippen MR) is 116 cm³/mol. The molecule has 1 aromatic rings. The van der Waals surface area contributed by atoms with Crippen molar-refractivity contribution in [3.8, 4) is 0 Å². The highest BCUT2D eigenvalue weighted by Gasteiger charge is 2.40. The van der Waals surface area contributed by atoms with Crippen LogP contribution in [0.4, 0.5) is 0 Å². The molecule has 2 aliphatic rings. The molecule has 0 bridgehead atoms. The molecule has 3 rings (SSSR count). The molecule has 5 heteroatoms. The smallest absolute Gasteiger partial charge is 0.293 e. The zero-order valence-electron chi connectivity index (χ0n) is 13.9. The summed E-state index contributed by atoms with van der Waals surface area (Å²) >= 11 is 4.83. The van der Waals surface area contributed by atoms with Crippen molar-refractivity contribution in [2.75, 3.05) is 0 Å². The van der Waals surface area contributed by atoms with E-state index in [1.807, 2.05) is 0 Å². The van der Waals surface area contributed by atoms with Gasteiger partial charge in [-0.2, -0.15) is 0 Å². The van der Waals surface area contributed by atoms with Crippen molar-refractivity contribution >= 4 is 51.7 Å². The number of benzene rings is 1. The fraction of sp³-hybridized carbons (Fsp3) is 0.450. The second-order valence-corrected chi connectivity index (χ2v) is 12.0. The maximum absolute atomic E-state index is 10.6. The van der Waals surface area contributed by atoms with E-state index >= 15 is 0 Å². The van der Waals surface area contributed by atoms with E-state index in [0.717, 1.165) is 24.8 Å². The van der Waals surface area contributed by atoms with Crippen LogP contribution < -0.4 is 0 Å². The fourth-order valence-electron chi connectivity index (χ4n) is 3.61. The molecule has 0 aromatic heterocycles. The number of allylic oxidation sites excluding steroid dienone is 1. The highest BCUT2D eigenvalue weighted by molar-refractivity contribution is 14.2. The van der Waals surface area contributed by atoms with E-state index < -0.39 is 0 Å². The maximum atomic E-state index is 10.6. The van der Waals surface area contributed by atoms with Crippen LogP contribution in [0.25, 0.3) is 0 Å². The van der Waals surface area contributed by atoms with E-state index in [4.69, 9.17) is 9.47 Å². The molecular weight excluding hydrogens is 542 g/mol. The Morgan fingerprint density at radius 1 is 1.16 bits per heavy atom. The van der Waals surface area contributed by atoms with Gasteiger partial charge in [-0.1, -0.05) is 49.1 Å². The van der Waals surface area contributed by atoms with Crippen molar-refractivity contribution in [3.05, 3.63) is 60.2 Å². The van der Waals surface area contributed by atoms with Gasteiger partial charge in [0.05, 0.1) is 6.10 Å². The monoisotopic (exact) mass is 564 g/mol. The van der Waals surface area contributed by atoms with Crippen LogP contribution in [0.2, 0.25) is 0 Å². The van der Waals surface area contributed by atoms with Crippen LogP contribution in [0.15, 0.2) is 54.6 Å². The lowest BCUT2D eigenvalue weighted by atomic mass is 9.85. The summed E-state index contributed by atoms with van der Waals surface area (Å²) in [6.45, 7) is 4.51. The molecule has 0 spiro atoms. The number of hydrogen-bond donors (Lipinski definition) is 0. The summed E-state index contributed by atoms with van der Waals surface area (Å²) in [5.74, 6) is 0.866. The molecule has 0 heterocycles. The van der Waals surface area contributed by atoms with Gasteiger partial charge < -0.3 is 9.47 Å². The number of carbonyl (C=O) groups excluding carboxylic acids is 1. The Kier molecular flexibility index (Phi) is 6.60. The summed E-state index contributed by atoms with van der Waals surface area (Å²) in [5.41, 5.74) is 2.33. The molecule has 25 heavy (non-hydrogen) atoms. The molecule has 1 aromatic carbocycles.